The minimum absolute atomic E-state index is 0.181. The Morgan fingerprint density at radius 1 is 0.958 bits per heavy atom. The van der Waals surface area contributed by atoms with Crippen LogP contribution in [0.25, 0.3) is 21.9 Å². The third-order valence-electron chi connectivity index (χ3n) is 3.75. The number of halogens is 1. The van der Waals surface area contributed by atoms with Crippen LogP contribution in [-0.2, 0) is 0 Å². The molecular weight excluding hydrogens is 311 g/mol. The molecule has 0 fully saturated rings. The highest BCUT2D eigenvalue weighted by Crippen LogP contribution is 2.19. The predicted molar refractivity (Wildman–Crippen MR) is 90.1 cm³/mol. The molecule has 0 atom stereocenters. The van der Waals surface area contributed by atoms with E-state index in [1.807, 2.05) is 12.1 Å². The van der Waals surface area contributed by atoms with Crippen molar-refractivity contribution in [2.75, 3.05) is 0 Å². The number of nitrogens with one attached hydrogen (secondary N) is 2. The first-order chi connectivity index (χ1) is 11.6. The smallest absolute Gasteiger partial charge is 0.349 e. The second-order valence-corrected chi connectivity index (χ2v) is 5.23. The Balaban J connectivity index is 1.94. The molecule has 0 saturated heterocycles. The van der Waals surface area contributed by atoms with Crippen LogP contribution >= 0.6 is 0 Å². The summed E-state index contributed by atoms with van der Waals surface area (Å²) in [7, 11) is 0. The average molecular weight is 322 g/mol. The van der Waals surface area contributed by atoms with Gasteiger partial charge in [-0.3, -0.25) is 4.79 Å². The van der Waals surface area contributed by atoms with Crippen LogP contribution in [-0.4, -0.2) is 20.9 Å². The van der Waals surface area contributed by atoms with Crippen molar-refractivity contribution in [1.82, 2.24) is 14.6 Å². The molecule has 6 nitrogen and oxygen atoms in total. The van der Waals surface area contributed by atoms with Crippen molar-refractivity contribution in [3.63, 3.8) is 0 Å². The van der Waals surface area contributed by atoms with Gasteiger partial charge in [-0.15, -0.1) is 4.68 Å². The Morgan fingerprint density at radius 2 is 1.71 bits per heavy atom. The molecule has 0 amide bonds. The summed E-state index contributed by atoms with van der Waals surface area (Å²) in [6, 6.07) is 13.2. The molecule has 0 unspecified atom stereocenters. The summed E-state index contributed by atoms with van der Waals surface area (Å²) in [5.74, 6) is -0.489. The molecule has 0 spiro atoms. The molecule has 0 aliphatic rings. The number of fused-ring (bicyclic) bond motifs is 3. The Labute approximate surface area is 133 Å². The first-order valence-corrected chi connectivity index (χ1v) is 7.20. The van der Waals surface area contributed by atoms with Crippen molar-refractivity contribution >= 4 is 28.2 Å². The lowest BCUT2D eigenvalue weighted by atomic mass is 10.2. The van der Waals surface area contributed by atoms with Crippen LogP contribution in [0.2, 0.25) is 0 Å². The van der Waals surface area contributed by atoms with E-state index in [1.165, 1.54) is 12.1 Å². The van der Waals surface area contributed by atoms with E-state index in [0.29, 0.717) is 10.2 Å². The number of nitrogens with zero attached hydrogens (tertiary/aromatic N) is 2. The second-order valence-electron chi connectivity index (χ2n) is 5.23. The zero-order valence-corrected chi connectivity index (χ0v) is 12.3. The van der Waals surface area contributed by atoms with Crippen LogP contribution < -0.4 is 11.2 Å². The Bertz CT molecular complexity index is 1220. The summed E-state index contributed by atoms with van der Waals surface area (Å²) >= 11 is 0. The molecule has 24 heavy (non-hydrogen) atoms. The van der Waals surface area contributed by atoms with E-state index in [2.05, 4.69) is 15.1 Å². The monoisotopic (exact) mass is 322 g/mol. The average Bonchev–Trinajstić information content (AvgIpc) is 2.95. The van der Waals surface area contributed by atoms with Crippen LogP contribution in [0.4, 0.5) is 4.39 Å². The molecule has 0 radical (unpaired) electrons. The first-order valence-electron chi connectivity index (χ1n) is 7.20. The number of H-pyrrole nitrogens is 2. The second kappa shape index (κ2) is 5.31. The maximum absolute atomic E-state index is 13.6. The van der Waals surface area contributed by atoms with Crippen molar-refractivity contribution in [1.29, 1.82) is 0 Å². The Hall–Kier alpha value is -3.48. The molecule has 0 bridgehead atoms. The lowest BCUT2D eigenvalue weighted by Crippen LogP contribution is -2.32. The number of benzene rings is 2. The summed E-state index contributed by atoms with van der Waals surface area (Å²) in [4.78, 5) is 30.3. The van der Waals surface area contributed by atoms with Gasteiger partial charge < -0.3 is 9.97 Å². The fourth-order valence-corrected chi connectivity index (χ4v) is 2.59. The number of hydrogen-bond acceptors (Lipinski definition) is 3. The maximum atomic E-state index is 13.6. The van der Waals surface area contributed by atoms with Crippen LogP contribution in [0, 0.1) is 5.82 Å². The fraction of sp³-hybridized carbons (Fsp3) is 0. The van der Waals surface area contributed by atoms with Crippen molar-refractivity contribution < 1.29 is 4.39 Å². The van der Waals surface area contributed by atoms with Crippen LogP contribution in [0.5, 0.6) is 0 Å². The van der Waals surface area contributed by atoms with E-state index < -0.39 is 17.1 Å². The van der Waals surface area contributed by atoms with Gasteiger partial charge in [-0.1, -0.05) is 36.4 Å². The van der Waals surface area contributed by atoms with Crippen LogP contribution in [0.15, 0.2) is 63.2 Å². The summed E-state index contributed by atoms with van der Waals surface area (Å²) in [5.41, 5.74) is 0.290. The van der Waals surface area contributed by atoms with Gasteiger partial charge in [0.15, 0.2) is 0 Å². The van der Waals surface area contributed by atoms with Gasteiger partial charge in [-0.05, 0) is 12.1 Å². The Morgan fingerprint density at radius 3 is 2.54 bits per heavy atom. The highest BCUT2D eigenvalue weighted by molar-refractivity contribution is 6.04. The van der Waals surface area contributed by atoms with Crippen LogP contribution in [0.1, 0.15) is 5.56 Å². The quantitative estimate of drug-likeness (QED) is 0.555. The molecule has 2 aromatic carbocycles. The highest BCUT2D eigenvalue weighted by Gasteiger charge is 2.12. The van der Waals surface area contributed by atoms with Gasteiger partial charge >= 0.3 is 11.2 Å². The lowest BCUT2D eigenvalue weighted by molar-refractivity contribution is 0.625. The van der Waals surface area contributed by atoms with Crippen LogP contribution in [0.3, 0.4) is 0 Å². The zero-order chi connectivity index (χ0) is 16.7. The lowest BCUT2D eigenvalue weighted by Gasteiger charge is -1.98. The van der Waals surface area contributed by atoms with E-state index in [4.69, 9.17) is 0 Å². The molecule has 2 heterocycles. The van der Waals surface area contributed by atoms with E-state index >= 15 is 0 Å². The third-order valence-corrected chi connectivity index (χ3v) is 3.75. The highest BCUT2D eigenvalue weighted by atomic mass is 19.1. The molecule has 4 aromatic rings. The van der Waals surface area contributed by atoms with Gasteiger partial charge in [0, 0.05) is 16.5 Å². The summed E-state index contributed by atoms with van der Waals surface area (Å²) in [5, 5.41) is 4.57. The number of aromatic amines is 2. The normalized spacial score (nSPS) is 11.7. The standard InChI is InChI=1S/C17H11FN4O2/c18-12-7-3-1-5-10(12)9-19-22-16(23)15-14(21-17(22)24)11-6-2-4-8-13(11)20-15/h1-9,20H,(H,21,24)/b19-9+. The first kappa shape index (κ1) is 14.1. The molecule has 0 aliphatic carbocycles. The van der Waals surface area contributed by atoms with Gasteiger partial charge in [-0.2, -0.15) is 5.10 Å². The van der Waals surface area contributed by atoms with E-state index in [-0.39, 0.29) is 11.1 Å². The van der Waals surface area contributed by atoms with Gasteiger partial charge in [0.2, 0.25) is 0 Å². The molecule has 2 aromatic heterocycles. The van der Waals surface area contributed by atoms with Crippen molar-refractivity contribution in [3.05, 3.63) is 80.7 Å². The number of para-hydroxylation sites is 1. The largest absolute Gasteiger partial charge is 0.350 e. The molecule has 2 N–H and O–H groups in total. The van der Waals surface area contributed by atoms with Crippen molar-refractivity contribution in [2.24, 2.45) is 5.10 Å². The predicted octanol–water partition coefficient (Wildman–Crippen LogP) is 2.19. The fourth-order valence-electron chi connectivity index (χ4n) is 2.59. The van der Waals surface area contributed by atoms with Crippen molar-refractivity contribution in [2.45, 2.75) is 0 Å². The number of aromatic nitrogens is 3. The molecule has 7 heteroatoms. The van der Waals surface area contributed by atoms with E-state index in [9.17, 15) is 14.0 Å². The molecular formula is C17H11FN4O2. The van der Waals surface area contributed by atoms with Gasteiger partial charge in [0.05, 0.1) is 11.7 Å². The topological polar surface area (TPSA) is 83.0 Å². The molecule has 0 saturated carbocycles. The molecule has 4 rings (SSSR count). The zero-order valence-electron chi connectivity index (χ0n) is 12.3. The summed E-state index contributed by atoms with van der Waals surface area (Å²) < 4.78 is 14.3. The summed E-state index contributed by atoms with van der Waals surface area (Å²) in [6.07, 6.45) is 1.14. The van der Waals surface area contributed by atoms with E-state index in [0.717, 1.165) is 17.1 Å². The summed E-state index contributed by atoms with van der Waals surface area (Å²) in [6.45, 7) is 0. The number of rotatable bonds is 2. The minimum atomic E-state index is -0.690. The van der Waals surface area contributed by atoms with Gasteiger partial charge in [0.1, 0.15) is 11.3 Å². The Kier molecular flexibility index (Phi) is 3.13. The SMILES string of the molecule is O=c1[nH]c2c([nH]c3ccccc32)c(=O)n1/N=C/c1ccccc1F. The maximum Gasteiger partial charge on any atom is 0.350 e. The third kappa shape index (κ3) is 2.14. The van der Waals surface area contributed by atoms with E-state index in [1.54, 1.807) is 24.3 Å². The van der Waals surface area contributed by atoms with Gasteiger partial charge in [0.25, 0.3) is 0 Å². The van der Waals surface area contributed by atoms with Crippen molar-refractivity contribution in [3.8, 4) is 0 Å². The molecule has 0 aliphatic heterocycles. The molecule has 118 valence electrons. The number of hydrogen-bond donors (Lipinski definition) is 2. The minimum Gasteiger partial charge on any atom is -0.349 e. The van der Waals surface area contributed by atoms with Gasteiger partial charge in [-0.25, -0.2) is 9.18 Å².